The van der Waals surface area contributed by atoms with Crippen molar-refractivity contribution >= 4 is 27.3 Å². The second-order valence-electron chi connectivity index (χ2n) is 2.90. The van der Waals surface area contributed by atoms with E-state index in [-0.39, 0.29) is 5.69 Å². The van der Waals surface area contributed by atoms with Gasteiger partial charge in [-0.25, -0.2) is 8.42 Å². The Bertz CT molecular complexity index is 493. The monoisotopic (exact) mass is 244 g/mol. The number of halogens is 1. The lowest BCUT2D eigenvalue weighted by Crippen LogP contribution is -2.23. The van der Waals surface area contributed by atoms with Crippen LogP contribution in [-0.2, 0) is 10.0 Å². The summed E-state index contributed by atoms with van der Waals surface area (Å²) in [7, 11) is -3.68. The van der Waals surface area contributed by atoms with Gasteiger partial charge in [-0.3, -0.25) is 4.72 Å². The molecule has 0 aliphatic rings. The van der Waals surface area contributed by atoms with E-state index in [1.807, 2.05) is 0 Å². The Morgan fingerprint density at radius 2 is 2.07 bits per heavy atom. The van der Waals surface area contributed by atoms with Gasteiger partial charge < -0.3 is 0 Å². The Morgan fingerprint density at radius 1 is 1.47 bits per heavy atom. The van der Waals surface area contributed by atoms with Gasteiger partial charge in [0.2, 0.25) is 10.0 Å². The summed E-state index contributed by atoms with van der Waals surface area (Å²) < 4.78 is 25.2. The van der Waals surface area contributed by atoms with Gasteiger partial charge in [0.25, 0.3) is 0 Å². The van der Waals surface area contributed by atoms with Gasteiger partial charge in [0.15, 0.2) is 5.25 Å². The summed E-state index contributed by atoms with van der Waals surface area (Å²) in [6.07, 6.45) is 0. The molecule has 1 unspecified atom stereocenters. The van der Waals surface area contributed by atoms with Gasteiger partial charge in [-0.05, 0) is 19.1 Å². The molecule has 0 spiro atoms. The van der Waals surface area contributed by atoms with Crippen molar-refractivity contribution in [3.63, 3.8) is 0 Å². The maximum atomic E-state index is 11.5. The van der Waals surface area contributed by atoms with Crippen molar-refractivity contribution in [2.45, 2.75) is 12.2 Å². The van der Waals surface area contributed by atoms with E-state index in [0.29, 0.717) is 5.02 Å². The number of nitrogens with one attached hydrogen (secondary N) is 1. The molecule has 1 rings (SSSR count). The zero-order valence-electron chi connectivity index (χ0n) is 7.94. The fourth-order valence-corrected chi connectivity index (χ4v) is 1.89. The average Bonchev–Trinajstić information content (AvgIpc) is 2.20. The van der Waals surface area contributed by atoms with Crippen LogP contribution in [0, 0.1) is 11.3 Å². The zero-order chi connectivity index (χ0) is 11.5. The largest absolute Gasteiger partial charge is 0.281 e. The van der Waals surface area contributed by atoms with Crippen molar-refractivity contribution in [2.75, 3.05) is 4.72 Å². The molecule has 0 saturated carbocycles. The van der Waals surface area contributed by atoms with Gasteiger partial charge in [-0.1, -0.05) is 23.7 Å². The van der Waals surface area contributed by atoms with Crippen LogP contribution < -0.4 is 4.72 Å². The summed E-state index contributed by atoms with van der Waals surface area (Å²) in [4.78, 5) is 0. The first-order valence-corrected chi connectivity index (χ1v) is 6.05. The summed E-state index contributed by atoms with van der Waals surface area (Å²) in [5.41, 5.74) is 0.279. The van der Waals surface area contributed by atoms with Crippen LogP contribution in [0.25, 0.3) is 0 Å². The summed E-state index contributed by atoms with van der Waals surface area (Å²) >= 11 is 5.77. The highest BCUT2D eigenvalue weighted by Crippen LogP contribution is 2.22. The standard InChI is InChI=1S/C9H9ClN2O2S/c1-7(6-11)15(13,14)12-9-5-3-2-4-8(9)10/h2-5,7,12H,1H3. The molecule has 4 nitrogen and oxygen atoms in total. The number of anilines is 1. The van der Waals surface area contributed by atoms with E-state index in [1.54, 1.807) is 24.3 Å². The molecule has 0 heterocycles. The van der Waals surface area contributed by atoms with E-state index < -0.39 is 15.3 Å². The number of benzene rings is 1. The molecule has 0 saturated heterocycles. The molecule has 0 bridgehead atoms. The lowest BCUT2D eigenvalue weighted by molar-refractivity contribution is 0.597. The van der Waals surface area contributed by atoms with Crippen molar-refractivity contribution in [1.29, 1.82) is 5.26 Å². The Kier molecular flexibility index (Phi) is 3.56. The normalized spacial score (nSPS) is 12.9. The number of rotatable bonds is 3. The third-order valence-corrected chi connectivity index (χ3v) is 3.64. The minimum Gasteiger partial charge on any atom is -0.281 e. The average molecular weight is 245 g/mol. The SMILES string of the molecule is CC(C#N)S(=O)(=O)Nc1ccccc1Cl. The van der Waals surface area contributed by atoms with E-state index >= 15 is 0 Å². The van der Waals surface area contributed by atoms with E-state index in [0.717, 1.165) is 0 Å². The Morgan fingerprint density at radius 3 is 2.60 bits per heavy atom. The third-order valence-electron chi connectivity index (χ3n) is 1.77. The maximum absolute atomic E-state index is 11.5. The fourth-order valence-electron chi connectivity index (χ4n) is 0.855. The Balaban J connectivity index is 2.98. The van der Waals surface area contributed by atoms with Crippen LogP contribution >= 0.6 is 11.6 Å². The highest BCUT2D eigenvalue weighted by molar-refractivity contribution is 7.93. The molecule has 1 aromatic carbocycles. The Labute approximate surface area is 93.5 Å². The predicted molar refractivity (Wildman–Crippen MR) is 59.1 cm³/mol. The summed E-state index contributed by atoms with van der Waals surface area (Å²) in [6.45, 7) is 1.30. The molecule has 0 fully saturated rings. The molecule has 0 radical (unpaired) electrons. The van der Waals surface area contributed by atoms with Crippen LogP contribution in [0.5, 0.6) is 0 Å². The summed E-state index contributed by atoms with van der Waals surface area (Å²) in [5.74, 6) is 0. The van der Waals surface area contributed by atoms with Crippen molar-refractivity contribution in [1.82, 2.24) is 0 Å². The van der Waals surface area contributed by atoms with E-state index in [2.05, 4.69) is 4.72 Å². The fraction of sp³-hybridized carbons (Fsp3) is 0.222. The van der Waals surface area contributed by atoms with E-state index in [4.69, 9.17) is 16.9 Å². The molecule has 80 valence electrons. The highest BCUT2D eigenvalue weighted by atomic mass is 35.5. The second-order valence-corrected chi connectivity index (χ2v) is 5.31. The van der Waals surface area contributed by atoms with Crippen LogP contribution in [0.4, 0.5) is 5.69 Å². The van der Waals surface area contributed by atoms with Crippen LogP contribution in [0.1, 0.15) is 6.92 Å². The van der Waals surface area contributed by atoms with Crippen molar-refractivity contribution in [2.24, 2.45) is 0 Å². The summed E-state index contributed by atoms with van der Waals surface area (Å²) in [5, 5.41) is 7.70. The van der Waals surface area contributed by atoms with Gasteiger partial charge in [0, 0.05) is 0 Å². The van der Waals surface area contributed by atoms with Gasteiger partial charge in [0.1, 0.15) is 0 Å². The zero-order valence-corrected chi connectivity index (χ0v) is 9.51. The first-order valence-electron chi connectivity index (χ1n) is 4.13. The highest BCUT2D eigenvalue weighted by Gasteiger charge is 2.20. The lowest BCUT2D eigenvalue weighted by Gasteiger charge is -2.09. The third kappa shape index (κ3) is 2.85. The van der Waals surface area contributed by atoms with Gasteiger partial charge in [-0.2, -0.15) is 5.26 Å². The number of nitriles is 1. The number of hydrogen-bond acceptors (Lipinski definition) is 3. The van der Waals surface area contributed by atoms with Crippen molar-refractivity contribution in [3.8, 4) is 6.07 Å². The molecule has 6 heteroatoms. The van der Waals surface area contributed by atoms with Crippen LogP contribution in [0.2, 0.25) is 5.02 Å². The topological polar surface area (TPSA) is 70.0 Å². The molecule has 0 aliphatic carbocycles. The second kappa shape index (κ2) is 4.51. The number of sulfonamides is 1. The number of para-hydroxylation sites is 1. The summed E-state index contributed by atoms with van der Waals surface area (Å²) in [6, 6.07) is 8.09. The van der Waals surface area contributed by atoms with Gasteiger partial charge >= 0.3 is 0 Å². The Hall–Kier alpha value is -1.25. The smallest absolute Gasteiger partial charge is 0.248 e. The van der Waals surface area contributed by atoms with Gasteiger partial charge in [0.05, 0.1) is 16.8 Å². The van der Waals surface area contributed by atoms with Crippen molar-refractivity contribution in [3.05, 3.63) is 29.3 Å². The van der Waals surface area contributed by atoms with E-state index in [1.165, 1.54) is 13.0 Å². The predicted octanol–water partition coefficient (Wildman–Crippen LogP) is 1.99. The quantitative estimate of drug-likeness (QED) is 0.884. The van der Waals surface area contributed by atoms with Crippen LogP contribution in [0.15, 0.2) is 24.3 Å². The van der Waals surface area contributed by atoms with Crippen LogP contribution in [-0.4, -0.2) is 13.7 Å². The minimum atomic E-state index is -3.68. The molecular formula is C9H9ClN2O2S. The van der Waals surface area contributed by atoms with E-state index in [9.17, 15) is 8.42 Å². The number of hydrogen-bond donors (Lipinski definition) is 1. The minimum absolute atomic E-state index is 0.279. The molecule has 1 aromatic rings. The number of nitrogens with zero attached hydrogens (tertiary/aromatic N) is 1. The molecule has 0 aromatic heterocycles. The molecule has 0 amide bonds. The van der Waals surface area contributed by atoms with Crippen LogP contribution in [0.3, 0.4) is 0 Å². The first kappa shape index (κ1) is 11.8. The molecule has 0 aliphatic heterocycles. The lowest BCUT2D eigenvalue weighted by atomic mass is 10.3. The maximum Gasteiger partial charge on any atom is 0.248 e. The molecular weight excluding hydrogens is 236 g/mol. The van der Waals surface area contributed by atoms with Gasteiger partial charge in [-0.15, -0.1) is 0 Å². The van der Waals surface area contributed by atoms with Crippen molar-refractivity contribution < 1.29 is 8.42 Å². The first-order chi connectivity index (χ1) is 6.97. The molecule has 15 heavy (non-hydrogen) atoms. The molecule has 1 atom stereocenters. The molecule has 1 N–H and O–H groups in total.